The van der Waals surface area contributed by atoms with Crippen LogP contribution in [0.25, 0.3) is 0 Å². The fourth-order valence-electron chi connectivity index (χ4n) is 2.71. The number of rotatable bonds is 2. The van der Waals surface area contributed by atoms with Crippen molar-refractivity contribution in [2.24, 2.45) is 0 Å². The summed E-state index contributed by atoms with van der Waals surface area (Å²) in [5, 5.41) is 0.799. The topological polar surface area (TPSA) is 9.23 Å². The molecule has 0 saturated heterocycles. The van der Waals surface area contributed by atoms with E-state index in [1.807, 2.05) is 13.0 Å². The van der Waals surface area contributed by atoms with E-state index in [-0.39, 0.29) is 10.2 Å². The molecular weight excluding hydrogens is 348 g/mol. The molecule has 2 aromatic carbocycles. The van der Waals surface area contributed by atoms with E-state index in [2.05, 4.69) is 60.1 Å². The lowest BCUT2D eigenvalue weighted by Gasteiger charge is -2.18. The van der Waals surface area contributed by atoms with E-state index in [1.54, 1.807) is 0 Å². The first-order chi connectivity index (χ1) is 9.88. The summed E-state index contributed by atoms with van der Waals surface area (Å²) in [6.45, 7) is 7.22. The Balaban J connectivity index is 2.01. The maximum absolute atomic E-state index is 6.39. The fraction of sp³-hybridized carbons (Fsp3) is 0.333. The Morgan fingerprint density at radius 3 is 2.67 bits per heavy atom. The quantitative estimate of drug-likeness (QED) is 0.611. The van der Waals surface area contributed by atoms with Crippen LogP contribution in [0.5, 0.6) is 5.75 Å². The van der Waals surface area contributed by atoms with Crippen molar-refractivity contribution in [3.8, 4) is 5.75 Å². The van der Waals surface area contributed by atoms with E-state index in [0.29, 0.717) is 0 Å². The molecule has 1 heterocycles. The SMILES string of the molecule is Cc1ccc(C(Br)c2ccc3c(c2)C(C)(C)CO3)c(Cl)c1. The van der Waals surface area contributed by atoms with Crippen LogP contribution >= 0.6 is 27.5 Å². The first-order valence-electron chi connectivity index (χ1n) is 7.06. The van der Waals surface area contributed by atoms with Crippen LogP contribution in [0.4, 0.5) is 0 Å². The lowest BCUT2D eigenvalue weighted by molar-refractivity contribution is 0.291. The van der Waals surface area contributed by atoms with Crippen molar-refractivity contribution in [2.45, 2.75) is 31.0 Å². The highest BCUT2D eigenvalue weighted by Gasteiger charge is 2.32. The summed E-state index contributed by atoms with van der Waals surface area (Å²) in [6, 6.07) is 12.6. The Hall–Kier alpha value is -0.990. The molecule has 3 heteroatoms. The maximum atomic E-state index is 6.39. The molecule has 3 rings (SSSR count). The number of hydrogen-bond acceptors (Lipinski definition) is 1. The van der Waals surface area contributed by atoms with Crippen LogP contribution in [0.1, 0.15) is 40.9 Å². The van der Waals surface area contributed by atoms with Gasteiger partial charge in [0.25, 0.3) is 0 Å². The summed E-state index contributed by atoms with van der Waals surface area (Å²) in [7, 11) is 0. The van der Waals surface area contributed by atoms with Crippen LogP contribution in [0.15, 0.2) is 36.4 Å². The van der Waals surface area contributed by atoms with Crippen LogP contribution in [-0.2, 0) is 5.41 Å². The highest BCUT2D eigenvalue weighted by molar-refractivity contribution is 9.09. The number of benzene rings is 2. The number of alkyl halides is 1. The van der Waals surface area contributed by atoms with Gasteiger partial charge in [-0.2, -0.15) is 0 Å². The second-order valence-corrected chi connectivity index (χ2v) is 7.64. The normalized spacial score (nSPS) is 17.2. The van der Waals surface area contributed by atoms with Gasteiger partial charge < -0.3 is 4.74 Å². The maximum Gasteiger partial charge on any atom is 0.123 e. The smallest absolute Gasteiger partial charge is 0.123 e. The molecule has 0 bridgehead atoms. The van der Waals surface area contributed by atoms with Gasteiger partial charge in [0.15, 0.2) is 0 Å². The summed E-state index contributed by atoms with van der Waals surface area (Å²) in [6.07, 6.45) is 0. The summed E-state index contributed by atoms with van der Waals surface area (Å²) in [5.41, 5.74) is 4.81. The molecule has 0 fully saturated rings. The molecule has 0 amide bonds. The van der Waals surface area contributed by atoms with Gasteiger partial charge >= 0.3 is 0 Å². The zero-order valence-electron chi connectivity index (χ0n) is 12.4. The first kappa shape index (κ1) is 14.9. The third-order valence-electron chi connectivity index (χ3n) is 4.04. The average Bonchev–Trinajstić information content (AvgIpc) is 2.74. The molecule has 0 N–H and O–H groups in total. The largest absolute Gasteiger partial charge is 0.492 e. The number of fused-ring (bicyclic) bond motifs is 1. The summed E-state index contributed by atoms with van der Waals surface area (Å²) in [4.78, 5) is 0.0901. The van der Waals surface area contributed by atoms with Crippen molar-refractivity contribution >= 4 is 27.5 Å². The van der Waals surface area contributed by atoms with Crippen molar-refractivity contribution in [1.29, 1.82) is 0 Å². The molecule has 110 valence electrons. The lowest BCUT2D eigenvalue weighted by Crippen LogP contribution is -2.18. The summed E-state index contributed by atoms with van der Waals surface area (Å²) < 4.78 is 5.75. The van der Waals surface area contributed by atoms with Gasteiger partial charge in [-0.15, -0.1) is 0 Å². The molecule has 0 aliphatic carbocycles. The van der Waals surface area contributed by atoms with Crippen molar-refractivity contribution in [3.63, 3.8) is 0 Å². The zero-order valence-corrected chi connectivity index (χ0v) is 14.8. The third kappa shape index (κ3) is 2.72. The van der Waals surface area contributed by atoms with Crippen LogP contribution in [0.3, 0.4) is 0 Å². The van der Waals surface area contributed by atoms with Gasteiger partial charge in [-0.05, 0) is 41.8 Å². The van der Waals surface area contributed by atoms with Gasteiger partial charge in [0, 0.05) is 16.0 Å². The lowest BCUT2D eigenvalue weighted by atomic mass is 9.85. The van der Waals surface area contributed by atoms with Crippen molar-refractivity contribution < 1.29 is 4.74 Å². The molecular formula is C18H18BrClO. The summed E-state index contributed by atoms with van der Waals surface area (Å²) >= 11 is 10.2. The second kappa shape index (κ2) is 5.33. The summed E-state index contributed by atoms with van der Waals surface area (Å²) in [5.74, 6) is 0.999. The van der Waals surface area contributed by atoms with Gasteiger partial charge in [0.1, 0.15) is 5.75 Å². The van der Waals surface area contributed by atoms with Gasteiger partial charge in [-0.1, -0.05) is 59.6 Å². The fourth-order valence-corrected chi connectivity index (χ4v) is 3.87. The van der Waals surface area contributed by atoms with Gasteiger partial charge in [0.2, 0.25) is 0 Å². The van der Waals surface area contributed by atoms with Crippen LogP contribution in [0, 0.1) is 6.92 Å². The van der Waals surface area contributed by atoms with Crippen LogP contribution < -0.4 is 4.74 Å². The van der Waals surface area contributed by atoms with E-state index < -0.39 is 0 Å². The van der Waals surface area contributed by atoms with Crippen LogP contribution in [0.2, 0.25) is 5.02 Å². The Kier molecular flexibility index (Phi) is 3.79. The predicted molar refractivity (Wildman–Crippen MR) is 91.9 cm³/mol. The zero-order chi connectivity index (χ0) is 15.2. The molecule has 0 spiro atoms. The predicted octanol–water partition coefficient (Wildman–Crippen LogP) is 5.80. The molecule has 1 unspecified atom stereocenters. The van der Waals surface area contributed by atoms with Crippen LogP contribution in [-0.4, -0.2) is 6.61 Å². The molecule has 0 aromatic heterocycles. The monoisotopic (exact) mass is 364 g/mol. The Labute approximate surface area is 139 Å². The molecule has 1 aliphatic heterocycles. The minimum Gasteiger partial charge on any atom is -0.492 e. The van der Waals surface area contributed by atoms with Crippen molar-refractivity contribution in [2.75, 3.05) is 6.61 Å². The minimum absolute atomic E-state index is 0.0646. The molecule has 0 saturated carbocycles. The van der Waals surface area contributed by atoms with E-state index in [4.69, 9.17) is 16.3 Å². The third-order valence-corrected chi connectivity index (χ3v) is 5.39. The van der Waals surface area contributed by atoms with Crippen molar-refractivity contribution in [1.82, 2.24) is 0 Å². The second-order valence-electron chi connectivity index (χ2n) is 6.32. The van der Waals surface area contributed by atoms with E-state index in [9.17, 15) is 0 Å². The molecule has 1 nitrogen and oxygen atoms in total. The molecule has 1 aliphatic rings. The highest BCUT2D eigenvalue weighted by atomic mass is 79.9. The Morgan fingerprint density at radius 2 is 1.95 bits per heavy atom. The number of hydrogen-bond donors (Lipinski definition) is 0. The molecule has 0 radical (unpaired) electrons. The molecule has 2 aromatic rings. The van der Waals surface area contributed by atoms with E-state index in [1.165, 1.54) is 16.7 Å². The highest BCUT2D eigenvalue weighted by Crippen LogP contribution is 2.42. The standard InChI is InChI=1S/C18H18BrClO/c1-11-4-6-13(15(20)8-11)17(19)12-5-7-16-14(9-12)18(2,3)10-21-16/h4-9,17H,10H2,1-3H3. The average molecular weight is 366 g/mol. The number of halogens is 2. The minimum atomic E-state index is 0.0646. The number of ether oxygens (including phenoxy) is 1. The van der Waals surface area contributed by atoms with E-state index >= 15 is 0 Å². The van der Waals surface area contributed by atoms with Gasteiger partial charge in [0.05, 0.1) is 11.4 Å². The van der Waals surface area contributed by atoms with Crippen molar-refractivity contribution in [3.05, 3.63) is 63.7 Å². The van der Waals surface area contributed by atoms with Gasteiger partial charge in [-0.3, -0.25) is 0 Å². The Bertz CT molecular complexity index is 694. The van der Waals surface area contributed by atoms with E-state index in [0.717, 1.165) is 22.9 Å². The molecule has 21 heavy (non-hydrogen) atoms. The first-order valence-corrected chi connectivity index (χ1v) is 8.35. The number of aryl methyl sites for hydroxylation is 1. The van der Waals surface area contributed by atoms with Gasteiger partial charge in [-0.25, -0.2) is 0 Å². The Morgan fingerprint density at radius 1 is 1.19 bits per heavy atom. The molecule has 1 atom stereocenters.